The van der Waals surface area contributed by atoms with Crippen LogP contribution in [0.5, 0.6) is 0 Å². The van der Waals surface area contributed by atoms with Gasteiger partial charge in [0.2, 0.25) is 5.91 Å². The summed E-state index contributed by atoms with van der Waals surface area (Å²) in [6.45, 7) is 2.84. The monoisotopic (exact) mass is 359 g/mol. The maximum Gasteiger partial charge on any atom is 0.238 e. The highest BCUT2D eigenvalue weighted by atomic mass is 35.5. The molecule has 0 aromatic heterocycles. The van der Waals surface area contributed by atoms with Crippen molar-refractivity contribution >= 4 is 24.0 Å². The zero-order chi connectivity index (χ0) is 16.3. The largest absolute Gasteiger partial charge is 0.322 e. The molecule has 1 aromatic rings. The Bertz CT molecular complexity index is 571. The summed E-state index contributed by atoms with van der Waals surface area (Å²) < 4.78 is 26.6. The number of nitrogens with one attached hydrogen (secondary N) is 2. The van der Waals surface area contributed by atoms with Crippen molar-refractivity contribution < 1.29 is 13.6 Å². The Morgan fingerprint density at radius 1 is 1.25 bits per heavy atom. The van der Waals surface area contributed by atoms with Gasteiger partial charge in [-0.2, -0.15) is 0 Å². The van der Waals surface area contributed by atoms with Crippen molar-refractivity contribution in [3.8, 4) is 0 Å². The average molecular weight is 360 g/mol. The fourth-order valence-electron chi connectivity index (χ4n) is 3.79. The number of anilines is 1. The normalized spacial score (nSPS) is 20.4. The van der Waals surface area contributed by atoms with E-state index in [0.717, 1.165) is 44.6 Å². The van der Waals surface area contributed by atoms with E-state index >= 15 is 0 Å². The summed E-state index contributed by atoms with van der Waals surface area (Å²) in [5.41, 5.74) is 0.0825. The Hall–Kier alpha value is -1.24. The summed E-state index contributed by atoms with van der Waals surface area (Å²) in [7, 11) is 0. The van der Waals surface area contributed by atoms with Crippen LogP contribution in [0.15, 0.2) is 18.2 Å². The van der Waals surface area contributed by atoms with Crippen molar-refractivity contribution in [3.05, 3.63) is 29.8 Å². The average Bonchev–Trinajstić information content (AvgIpc) is 2.53. The number of halogens is 3. The second-order valence-electron chi connectivity index (χ2n) is 6.56. The highest BCUT2D eigenvalue weighted by Crippen LogP contribution is 2.34. The summed E-state index contributed by atoms with van der Waals surface area (Å²) in [6, 6.07) is 3.19. The Labute approximate surface area is 147 Å². The highest BCUT2D eigenvalue weighted by molar-refractivity contribution is 5.92. The third kappa shape index (κ3) is 4.23. The third-order valence-corrected chi connectivity index (χ3v) is 5.01. The van der Waals surface area contributed by atoms with Crippen LogP contribution in [0.2, 0.25) is 0 Å². The first-order valence-electron chi connectivity index (χ1n) is 8.30. The SMILES string of the molecule is Cl.O=C(CN1CCNCC12CCCCC2)Nc1ccc(F)cc1F. The molecular weight excluding hydrogens is 336 g/mol. The third-order valence-electron chi connectivity index (χ3n) is 5.01. The van der Waals surface area contributed by atoms with E-state index in [1.807, 2.05) is 0 Å². The van der Waals surface area contributed by atoms with Crippen molar-refractivity contribution in [2.75, 3.05) is 31.5 Å². The fraction of sp³-hybridized carbons (Fsp3) is 0.588. The van der Waals surface area contributed by atoms with Crippen LogP contribution in [0.3, 0.4) is 0 Å². The predicted octanol–water partition coefficient (Wildman–Crippen LogP) is 2.93. The lowest BCUT2D eigenvalue weighted by Crippen LogP contribution is -2.63. The molecule has 0 unspecified atom stereocenters. The molecule has 1 aromatic carbocycles. The molecular formula is C17H24ClF2N3O. The number of rotatable bonds is 3. The van der Waals surface area contributed by atoms with Crippen LogP contribution in [0, 0.1) is 11.6 Å². The number of hydrogen-bond donors (Lipinski definition) is 2. The van der Waals surface area contributed by atoms with Crippen LogP contribution in [0.1, 0.15) is 32.1 Å². The second kappa shape index (κ2) is 8.23. The molecule has 1 aliphatic carbocycles. The van der Waals surface area contributed by atoms with Crippen molar-refractivity contribution in [1.82, 2.24) is 10.2 Å². The van der Waals surface area contributed by atoms with Crippen molar-refractivity contribution in [2.45, 2.75) is 37.6 Å². The minimum Gasteiger partial charge on any atom is -0.322 e. The molecule has 24 heavy (non-hydrogen) atoms. The van der Waals surface area contributed by atoms with Gasteiger partial charge in [0.05, 0.1) is 12.2 Å². The molecule has 1 spiro atoms. The summed E-state index contributed by atoms with van der Waals surface area (Å²) in [5.74, 6) is -1.64. The van der Waals surface area contributed by atoms with Gasteiger partial charge in [0.15, 0.2) is 0 Å². The molecule has 4 nitrogen and oxygen atoms in total. The topological polar surface area (TPSA) is 44.4 Å². The summed E-state index contributed by atoms with van der Waals surface area (Å²) in [6.07, 6.45) is 5.82. The van der Waals surface area contributed by atoms with Gasteiger partial charge in [-0.1, -0.05) is 19.3 Å². The van der Waals surface area contributed by atoms with Crippen molar-refractivity contribution in [1.29, 1.82) is 0 Å². The Morgan fingerprint density at radius 3 is 2.71 bits per heavy atom. The number of piperazine rings is 1. The fourth-order valence-corrected chi connectivity index (χ4v) is 3.79. The summed E-state index contributed by atoms with van der Waals surface area (Å²) in [5, 5.41) is 6.00. The molecule has 2 N–H and O–H groups in total. The number of hydrogen-bond acceptors (Lipinski definition) is 3. The van der Waals surface area contributed by atoms with Gasteiger partial charge >= 0.3 is 0 Å². The van der Waals surface area contributed by atoms with Crippen LogP contribution >= 0.6 is 12.4 Å². The van der Waals surface area contributed by atoms with Crippen LogP contribution in [0.25, 0.3) is 0 Å². The molecule has 1 saturated carbocycles. The molecule has 2 aliphatic rings. The molecule has 1 heterocycles. The molecule has 3 rings (SSSR count). The zero-order valence-electron chi connectivity index (χ0n) is 13.6. The predicted molar refractivity (Wildman–Crippen MR) is 92.5 cm³/mol. The van der Waals surface area contributed by atoms with Crippen molar-refractivity contribution in [3.63, 3.8) is 0 Å². The summed E-state index contributed by atoms with van der Waals surface area (Å²) >= 11 is 0. The van der Waals surface area contributed by atoms with Gasteiger partial charge in [0.25, 0.3) is 0 Å². The number of carbonyl (C=O) groups excluding carboxylic acids is 1. The van der Waals surface area contributed by atoms with E-state index in [1.165, 1.54) is 25.3 Å². The van der Waals surface area contributed by atoms with Gasteiger partial charge < -0.3 is 10.6 Å². The first-order chi connectivity index (χ1) is 11.1. The van der Waals surface area contributed by atoms with E-state index < -0.39 is 11.6 Å². The standard InChI is InChI=1S/C17H23F2N3O.ClH/c18-13-4-5-15(14(19)10-13)21-16(23)11-22-9-8-20-12-17(22)6-2-1-3-7-17;/h4-5,10,20H,1-3,6-9,11-12H2,(H,21,23);1H. The second-order valence-corrected chi connectivity index (χ2v) is 6.56. The lowest BCUT2D eigenvalue weighted by atomic mass is 9.79. The molecule has 2 fully saturated rings. The number of carbonyl (C=O) groups is 1. The van der Waals surface area contributed by atoms with Gasteiger partial charge in [-0.05, 0) is 25.0 Å². The van der Waals surface area contributed by atoms with Crippen LogP contribution in [-0.2, 0) is 4.79 Å². The smallest absolute Gasteiger partial charge is 0.238 e. The van der Waals surface area contributed by atoms with E-state index in [4.69, 9.17) is 0 Å². The number of nitrogens with zero attached hydrogens (tertiary/aromatic N) is 1. The number of amides is 1. The van der Waals surface area contributed by atoms with Gasteiger partial charge in [0.1, 0.15) is 11.6 Å². The Morgan fingerprint density at radius 2 is 2.00 bits per heavy atom. The zero-order valence-corrected chi connectivity index (χ0v) is 14.4. The lowest BCUT2D eigenvalue weighted by molar-refractivity contribution is -0.120. The van der Waals surface area contributed by atoms with Crippen molar-refractivity contribution in [2.24, 2.45) is 0 Å². The minimum absolute atomic E-state index is 0. The minimum atomic E-state index is -0.744. The van der Waals surface area contributed by atoms with E-state index in [0.29, 0.717) is 0 Å². The Kier molecular flexibility index (Phi) is 6.54. The molecule has 0 radical (unpaired) electrons. The molecule has 7 heteroatoms. The first kappa shape index (κ1) is 19.1. The van der Waals surface area contributed by atoms with Crippen LogP contribution < -0.4 is 10.6 Å². The van der Waals surface area contributed by atoms with Crippen LogP contribution in [0.4, 0.5) is 14.5 Å². The Balaban J connectivity index is 0.00000208. The van der Waals surface area contributed by atoms with Crippen LogP contribution in [-0.4, -0.2) is 42.5 Å². The number of benzene rings is 1. The molecule has 1 aliphatic heterocycles. The van der Waals surface area contributed by atoms with Gasteiger partial charge in [0, 0.05) is 31.2 Å². The molecule has 0 atom stereocenters. The lowest BCUT2D eigenvalue weighted by Gasteiger charge is -2.49. The van der Waals surface area contributed by atoms with Gasteiger partial charge in [-0.15, -0.1) is 12.4 Å². The first-order valence-corrected chi connectivity index (χ1v) is 8.30. The molecule has 1 amide bonds. The molecule has 1 saturated heterocycles. The van der Waals surface area contributed by atoms with E-state index in [-0.39, 0.29) is 36.1 Å². The summed E-state index contributed by atoms with van der Waals surface area (Å²) in [4.78, 5) is 14.5. The van der Waals surface area contributed by atoms with Gasteiger partial charge in [-0.3, -0.25) is 9.69 Å². The maximum atomic E-state index is 13.7. The molecule has 0 bridgehead atoms. The van der Waals surface area contributed by atoms with E-state index in [1.54, 1.807) is 0 Å². The maximum absolute atomic E-state index is 13.7. The quantitative estimate of drug-likeness (QED) is 0.872. The molecule has 134 valence electrons. The highest BCUT2D eigenvalue weighted by Gasteiger charge is 2.40. The van der Waals surface area contributed by atoms with Gasteiger partial charge in [-0.25, -0.2) is 8.78 Å². The van der Waals surface area contributed by atoms with E-state index in [9.17, 15) is 13.6 Å². The van der Waals surface area contributed by atoms with E-state index in [2.05, 4.69) is 15.5 Å².